The first-order valence-corrected chi connectivity index (χ1v) is 3.62. The first-order chi connectivity index (χ1) is 5.64. The van der Waals surface area contributed by atoms with Gasteiger partial charge in [-0.15, -0.1) is 0 Å². The maximum atomic E-state index is 12.7. The fourth-order valence-electron chi connectivity index (χ4n) is 0.840. The van der Waals surface area contributed by atoms with Crippen LogP contribution in [0.2, 0.25) is 0 Å². The van der Waals surface area contributed by atoms with Crippen LogP contribution in [0.5, 0.6) is 0 Å². The van der Waals surface area contributed by atoms with Crippen molar-refractivity contribution in [1.29, 1.82) is 0 Å². The Bertz CT molecular complexity index is 236. The van der Waals surface area contributed by atoms with Crippen LogP contribution in [0, 0.1) is 0 Å². The average molecular weight is 172 g/mol. The number of aromatic nitrogens is 1. The van der Waals surface area contributed by atoms with Gasteiger partial charge in [-0.2, -0.15) is 0 Å². The lowest BCUT2D eigenvalue weighted by Gasteiger charge is -2.12. The molecule has 0 aliphatic carbocycles. The number of hydrogen-bond acceptors (Lipinski definition) is 2. The van der Waals surface area contributed by atoms with Crippen LogP contribution in [0.1, 0.15) is 5.69 Å². The van der Waals surface area contributed by atoms with Crippen LogP contribution >= 0.6 is 0 Å². The van der Waals surface area contributed by atoms with E-state index in [1.165, 1.54) is 6.20 Å². The van der Waals surface area contributed by atoms with Crippen LogP contribution < -0.4 is 5.73 Å². The van der Waals surface area contributed by atoms with Crippen LogP contribution in [0.4, 0.5) is 8.78 Å². The molecule has 0 saturated heterocycles. The SMILES string of the molecule is NCC(F)(F)Cc1ccccn1. The number of rotatable bonds is 3. The molecule has 0 amide bonds. The van der Waals surface area contributed by atoms with Gasteiger partial charge in [-0.05, 0) is 12.1 Å². The summed E-state index contributed by atoms with van der Waals surface area (Å²) >= 11 is 0. The topological polar surface area (TPSA) is 38.9 Å². The van der Waals surface area contributed by atoms with E-state index in [0.29, 0.717) is 5.69 Å². The third-order valence-electron chi connectivity index (χ3n) is 1.46. The molecular weight excluding hydrogens is 162 g/mol. The van der Waals surface area contributed by atoms with Gasteiger partial charge in [0.25, 0.3) is 5.92 Å². The molecule has 0 spiro atoms. The molecule has 0 fully saturated rings. The van der Waals surface area contributed by atoms with Crippen molar-refractivity contribution in [3.05, 3.63) is 30.1 Å². The van der Waals surface area contributed by atoms with Crippen molar-refractivity contribution in [2.24, 2.45) is 5.73 Å². The number of alkyl halides is 2. The van der Waals surface area contributed by atoms with Gasteiger partial charge in [0.1, 0.15) is 0 Å². The molecule has 66 valence electrons. The monoisotopic (exact) mass is 172 g/mol. The maximum Gasteiger partial charge on any atom is 0.265 e. The zero-order chi connectivity index (χ0) is 9.03. The summed E-state index contributed by atoms with van der Waals surface area (Å²) in [6.45, 7) is -0.635. The van der Waals surface area contributed by atoms with Gasteiger partial charge in [-0.25, -0.2) is 8.78 Å². The third-order valence-corrected chi connectivity index (χ3v) is 1.46. The Morgan fingerprint density at radius 1 is 1.42 bits per heavy atom. The average Bonchev–Trinajstić information content (AvgIpc) is 2.06. The molecule has 2 N–H and O–H groups in total. The quantitative estimate of drug-likeness (QED) is 0.744. The Labute approximate surface area is 69.4 Å². The van der Waals surface area contributed by atoms with Crippen LogP contribution in [0.15, 0.2) is 24.4 Å². The Morgan fingerprint density at radius 3 is 2.67 bits per heavy atom. The lowest BCUT2D eigenvalue weighted by molar-refractivity contribution is 0.0105. The van der Waals surface area contributed by atoms with E-state index in [1.54, 1.807) is 18.2 Å². The van der Waals surface area contributed by atoms with E-state index in [-0.39, 0.29) is 6.42 Å². The highest BCUT2D eigenvalue weighted by atomic mass is 19.3. The zero-order valence-electron chi connectivity index (χ0n) is 6.50. The molecule has 0 aromatic carbocycles. The van der Waals surface area contributed by atoms with Gasteiger partial charge in [0.05, 0.1) is 13.0 Å². The first-order valence-electron chi connectivity index (χ1n) is 3.62. The molecule has 1 rings (SSSR count). The van der Waals surface area contributed by atoms with Crippen molar-refractivity contribution in [3.63, 3.8) is 0 Å². The smallest absolute Gasteiger partial charge is 0.265 e. The van der Waals surface area contributed by atoms with Crippen molar-refractivity contribution in [1.82, 2.24) is 4.98 Å². The summed E-state index contributed by atoms with van der Waals surface area (Å²) in [5, 5.41) is 0. The Morgan fingerprint density at radius 2 is 2.17 bits per heavy atom. The van der Waals surface area contributed by atoms with Gasteiger partial charge in [0, 0.05) is 11.9 Å². The molecule has 0 atom stereocenters. The van der Waals surface area contributed by atoms with Crippen LogP contribution in [-0.2, 0) is 6.42 Å². The summed E-state index contributed by atoms with van der Waals surface area (Å²) in [7, 11) is 0. The molecule has 0 aliphatic rings. The number of pyridine rings is 1. The molecule has 0 unspecified atom stereocenters. The molecule has 1 aromatic heterocycles. The summed E-state index contributed by atoms with van der Waals surface area (Å²) in [5.74, 6) is -2.84. The summed E-state index contributed by atoms with van der Waals surface area (Å²) in [5.41, 5.74) is 5.24. The summed E-state index contributed by atoms with van der Waals surface area (Å²) in [4.78, 5) is 3.78. The van der Waals surface area contributed by atoms with Gasteiger partial charge in [-0.3, -0.25) is 4.98 Å². The summed E-state index contributed by atoms with van der Waals surface area (Å²) < 4.78 is 25.3. The van der Waals surface area contributed by atoms with E-state index in [1.807, 2.05) is 0 Å². The molecule has 0 radical (unpaired) electrons. The second kappa shape index (κ2) is 3.58. The zero-order valence-corrected chi connectivity index (χ0v) is 6.50. The molecule has 0 bridgehead atoms. The lowest BCUT2D eigenvalue weighted by atomic mass is 10.2. The predicted molar refractivity (Wildman–Crippen MR) is 41.9 cm³/mol. The van der Waals surface area contributed by atoms with E-state index < -0.39 is 12.5 Å². The highest BCUT2D eigenvalue weighted by Crippen LogP contribution is 2.16. The number of nitrogens with zero attached hydrogens (tertiary/aromatic N) is 1. The standard InChI is InChI=1S/C8H10F2N2/c9-8(10,6-11)5-7-3-1-2-4-12-7/h1-4H,5-6,11H2. The van der Waals surface area contributed by atoms with Crippen molar-refractivity contribution in [3.8, 4) is 0 Å². The van der Waals surface area contributed by atoms with E-state index in [0.717, 1.165) is 0 Å². The van der Waals surface area contributed by atoms with E-state index >= 15 is 0 Å². The van der Waals surface area contributed by atoms with Crippen molar-refractivity contribution < 1.29 is 8.78 Å². The van der Waals surface area contributed by atoms with E-state index in [4.69, 9.17) is 5.73 Å². The number of nitrogens with two attached hydrogens (primary N) is 1. The van der Waals surface area contributed by atoms with Gasteiger partial charge >= 0.3 is 0 Å². The van der Waals surface area contributed by atoms with Gasteiger partial charge in [0.2, 0.25) is 0 Å². The first kappa shape index (κ1) is 9.06. The molecule has 1 aromatic rings. The Kier molecular flexibility index (Phi) is 2.70. The van der Waals surface area contributed by atoms with Crippen molar-refractivity contribution in [2.75, 3.05) is 6.54 Å². The van der Waals surface area contributed by atoms with Crippen LogP contribution in [0.3, 0.4) is 0 Å². The normalized spacial score (nSPS) is 11.6. The molecule has 2 nitrogen and oxygen atoms in total. The minimum atomic E-state index is -2.84. The minimum Gasteiger partial charge on any atom is -0.325 e. The van der Waals surface area contributed by atoms with Crippen LogP contribution in [-0.4, -0.2) is 17.5 Å². The maximum absolute atomic E-state index is 12.7. The molecule has 0 saturated carbocycles. The molecule has 0 aliphatic heterocycles. The Hall–Kier alpha value is -1.03. The van der Waals surface area contributed by atoms with Gasteiger partial charge in [-0.1, -0.05) is 6.07 Å². The minimum absolute atomic E-state index is 0.368. The highest BCUT2D eigenvalue weighted by Gasteiger charge is 2.27. The lowest BCUT2D eigenvalue weighted by Crippen LogP contribution is -2.30. The molecule has 4 heteroatoms. The summed E-state index contributed by atoms with van der Waals surface area (Å²) in [6, 6.07) is 4.92. The fourth-order valence-corrected chi connectivity index (χ4v) is 0.840. The van der Waals surface area contributed by atoms with Crippen LogP contribution in [0.25, 0.3) is 0 Å². The summed E-state index contributed by atoms with van der Waals surface area (Å²) in [6.07, 6.45) is 1.10. The fraction of sp³-hybridized carbons (Fsp3) is 0.375. The van der Waals surface area contributed by atoms with Gasteiger partial charge in [0.15, 0.2) is 0 Å². The molecule has 1 heterocycles. The van der Waals surface area contributed by atoms with E-state index in [2.05, 4.69) is 4.98 Å². The largest absolute Gasteiger partial charge is 0.325 e. The van der Waals surface area contributed by atoms with Crippen molar-refractivity contribution in [2.45, 2.75) is 12.3 Å². The van der Waals surface area contributed by atoms with Crippen molar-refractivity contribution >= 4 is 0 Å². The molecular formula is C8H10F2N2. The predicted octanol–water partition coefficient (Wildman–Crippen LogP) is 1.22. The van der Waals surface area contributed by atoms with Gasteiger partial charge < -0.3 is 5.73 Å². The second-order valence-corrected chi connectivity index (χ2v) is 2.56. The number of halogens is 2. The van der Waals surface area contributed by atoms with E-state index in [9.17, 15) is 8.78 Å². The highest BCUT2D eigenvalue weighted by molar-refractivity contribution is 5.05. The number of hydrogen-bond donors (Lipinski definition) is 1. The third kappa shape index (κ3) is 2.54. The second-order valence-electron chi connectivity index (χ2n) is 2.56. The Balaban J connectivity index is 2.64. The molecule has 12 heavy (non-hydrogen) atoms.